The van der Waals surface area contributed by atoms with E-state index in [0.717, 1.165) is 17.1 Å². The minimum Gasteiger partial charge on any atom is -0.401 e. The maximum absolute atomic E-state index is 13.1. The average molecular weight is 373 g/mol. The average Bonchev–Trinajstić information content (AvgIpc) is 2.65. The molecular formula is C21H25FN2OS. The molecule has 0 amide bonds. The molecule has 3 rings (SSSR count). The van der Waals surface area contributed by atoms with Crippen molar-refractivity contribution in [1.29, 1.82) is 0 Å². The number of allylic oxidation sites excluding steroid dienone is 4. The Kier molecular flexibility index (Phi) is 6.22. The second-order valence-electron chi connectivity index (χ2n) is 6.65. The molecule has 0 aromatic heterocycles. The van der Waals surface area contributed by atoms with Gasteiger partial charge in [0.15, 0.2) is 0 Å². The van der Waals surface area contributed by atoms with Gasteiger partial charge >= 0.3 is 0 Å². The molecule has 26 heavy (non-hydrogen) atoms. The molecular weight excluding hydrogens is 347 g/mol. The van der Waals surface area contributed by atoms with Gasteiger partial charge in [0.1, 0.15) is 11.9 Å². The van der Waals surface area contributed by atoms with E-state index in [1.54, 1.807) is 12.1 Å². The molecule has 1 aliphatic carbocycles. The molecule has 1 aromatic carbocycles. The van der Waals surface area contributed by atoms with Crippen LogP contribution in [0, 0.1) is 11.7 Å². The molecule has 1 aromatic rings. The normalized spacial score (nSPS) is 21.3. The predicted octanol–water partition coefficient (Wildman–Crippen LogP) is 4.86. The minimum absolute atomic E-state index is 0.321. The van der Waals surface area contributed by atoms with Gasteiger partial charge in [-0.05, 0) is 48.6 Å². The number of hydrogen-bond acceptors (Lipinski definition) is 4. The first kappa shape index (κ1) is 18.8. The maximum atomic E-state index is 13.1. The largest absolute Gasteiger partial charge is 0.401 e. The summed E-state index contributed by atoms with van der Waals surface area (Å²) in [4.78, 5) is 0.700. The quantitative estimate of drug-likeness (QED) is 0.668. The number of rotatable bonds is 6. The van der Waals surface area contributed by atoms with Crippen LogP contribution in [0.3, 0.4) is 0 Å². The monoisotopic (exact) mass is 372 g/mol. The lowest BCUT2D eigenvalue weighted by Crippen LogP contribution is -2.17. The maximum Gasteiger partial charge on any atom is 0.123 e. The number of thioether (sulfide) groups is 1. The van der Waals surface area contributed by atoms with Gasteiger partial charge in [-0.25, -0.2) is 4.39 Å². The molecule has 2 unspecified atom stereocenters. The van der Waals surface area contributed by atoms with E-state index in [4.69, 9.17) is 5.73 Å². The molecule has 0 bridgehead atoms. The first-order valence-electron chi connectivity index (χ1n) is 9.02. The van der Waals surface area contributed by atoms with Gasteiger partial charge in [-0.2, -0.15) is 0 Å². The highest BCUT2D eigenvalue weighted by molar-refractivity contribution is 8.06. The van der Waals surface area contributed by atoms with Crippen LogP contribution in [0.4, 0.5) is 4.39 Å². The molecule has 5 heteroatoms. The Hall–Kier alpha value is -1.98. The van der Waals surface area contributed by atoms with E-state index < -0.39 is 6.10 Å². The molecule has 0 radical (unpaired) electrons. The molecule has 3 nitrogen and oxygen atoms in total. The van der Waals surface area contributed by atoms with Crippen molar-refractivity contribution >= 4 is 11.8 Å². The lowest BCUT2D eigenvalue weighted by atomic mass is 9.95. The highest BCUT2D eigenvalue weighted by Crippen LogP contribution is 2.40. The number of halogens is 1. The third kappa shape index (κ3) is 4.59. The van der Waals surface area contributed by atoms with Crippen molar-refractivity contribution in [2.75, 3.05) is 0 Å². The summed E-state index contributed by atoms with van der Waals surface area (Å²) in [5, 5.41) is 15.0. The van der Waals surface area contributed by atoms with E-state index in [9.17, 15) is 9.50 Å². The second kappa shape index (κ2) is 8.60. The van der Waals surface area contributed by atoms with E-state index in [1.807, 2.05) is 6.08 Å². The van der Waals surface area contributed by atoms with E-state index in [2.05, 4.69) is 30.5 Å². The van der Waals surface area contributed by atoms with Crippen molar-refractivity contribution in [1.82, 2.24) is 5.32 Å². The number of aliphatic hydroxyl groups is 1. The van der Waals surface area contributed by atoms with Crippen LogP contribution in [0.5, 0.6) is 0 Å². The van der Waals surface area contributed by atoms with Gasteiger partial charge in [-0.1, -0.05) is 49.4 Å². The standard InChI is InChI=1S/C21H25FN2OS/c1-2-3-14-4-10-17(11-5-14)24-19-13-12-18(23)21(26-19)20(25)15-6-8-16(22)9-7-15/h4,6-11,13-14,20,24-25H,2-3,5,12,23H2,1H3. The zero-order valence-corrected chi connectivity index (χ0v) is 15.7. The SMILES string of the molecule is CCCC1C=CC(NC2=CCC(N)=C(C(O)c3ccc(F)cc3)S2)=CC1. The number of benzene rings is 1. The molecule has 4 N–H and O–H groups in total. The highest BCUT2D eigenvalue weighted by Gasteiger charge is 2.22. The van der Waals surface area contributed by atoms with Crippen molar-refractivity contribution < 1.29 is 9.50 Å². The van der Waals surface area contributed by atoms with Crippen LogP contribution in [0.15, 0.2) is 69.9 Å². The number of aliphatic hydroxyl groups excluding tert-OH is 1. The summed E-state index contributed by atoms with van der Waals surface area (Å²) in [6.45, 7) is 2.21. The van der Waals surface area contributed by atoms with E-state index in [-0.39, 0.29) is 5.82 Å². The summed E-state index contributed by atoms with van der Waals surface area (Å²) < 4.78 is 13.1. The lowest BCUT2D eigenvalue weighted by Gasteiger charge is -2.24. The molecule has 0 saturated heterocycles. The second-order valence-corrected chi connectivity index (χ2v) is 7.73. The molecule has 2 aliphatic rings. The summed E-state index contributed by atoms with van der Waals surface area (Å²) in [7, 11) is 0. The van der Waals surface area contributed by atoms with Crippen LogP contribution in [-0.4, -0.2) is 5.11 Å². The third-order valence-corrected chi connectivity index (χ3v) is 5.79. The fourth-order valence-electron chi connectivity index (χ4n) is 3.12. The van der Waals surface area contributed by atoms with Gasteiger partial charge < -0.3 is 16.2 Å². The van der Waals surface area contributed by atoms with Crippen LogP contribution < -0.4 is 11.1 Å². The Labute approximate surface area is 158 Å². The molecule has 1 aliphatic heterocycles. The van der Waals surface area contributed by atoms with Crippen LogP contribution in [0.2, 0.25) is 0 Å². The van der Waals surface area contributed by atoms with Gasteiger partial charge in [0.2, 0.25) is 0 Å². The Morgan fingerprint density at radius 3 is 2.73 bits per heavy atom. The Balaban J connectivity index is 1.64. The zero-order valence-electron chi connectivity index (χ0n) is 14.9. The first-order chi connectivity index (χ1) is 12.6. The fraction of sp³-hybridized carbons (Fsp3) is 0.333. The highest BCUT2D eigenvalue weighted by atomic mass is 32.2. The van der Waals surface area contributed by atoms with Crippen LogP contribution in [-0.2, 0) is 0 Å². The van der Waals surface area contributed by atoms with E-state index in [0.29, 0.717) is 28.5 Å². The molecule has 0 fully saturated rings. The van der Waals surface area contributed by atoms with Gasteiger partial charge in [-0.3, -0.25) is 0 Å². The number of nitrogens with two attached hydrogens (primary N) is 1. The van der Waals surface area contributed by atoms with E-state index in [1.165, 1.54) is 36.7 Å². The summed E-state index contributed by atoms with van der Waals surface area (Å²) in [5.74, 6) is 0.309. The van der Waals surface area contributed by atoms with Crippen molar-refractivity contribution in [2.24, 2.45) is 11.7 Å². The molecule has 138 valence electrons. The third-order valence-electron chi connectivity index (χ3n) is 4.59. The van der Waals surface area contributed by atoms with Crippen molar-refractivity contribution in [3.05, 3.63) is 81.3 Å². The summed E-state index contributed by atoms with van der Waals surface area (Å²) >= 11 is 1.44. The Morgan fingerprint density at radius 1 is 1.31 bits per heavy atom. The van der Waals surface area contributed by atoms with Crippen molar-refractivity contribution in [2.45, 2.75) is 38.7 Å². The summed E-state index contributed by atoms with van der Waals surface area (Å²) in [6, 6.07) is 5.88. The Bertz CT molecular complexity index is 765. The minimum atomic E-state index is -0.851. The fourth-order valence-corrected chi connectivity index (χ4v) is 4.15. The van der Waals surface area contributed by atoms with Crippen molar-refractivity contribution in [3.63, 3.8) is 0 Å². The van der Waals surface area contributed by atoms with E-state index >= 15 is 0 Å². The van der Waals surface area contributed by atoms with Gasteiger partial charge in [0.25, 0.3) is 0 Å². The van der Waals surface area contributed by atoms with Crippen LogP contribution >= 0.6 is 11.8 Å². The van der Waals surface area contributed by atoms with Gasteiger partial charge in [-0.15, -0.1) is 0 Å². The first-order valence-corrected chi connectivity index (χ1v) is 9.84. The van der Waals surface area contributed by atoms with Crippen LogP contribution in [0.1, 0.15) is 44.3 Å². The summed E-state index contributed by atoms with van der Waals surface area (Å²) in [6.07, 6.45) is 11.8. The molecule has 0 saturated carbocycles. The Morgan fingerprint density at radius 2 is 2.08 bits per heavy atom. The smallest absolute Gasteiger partial charge is 0.123 e. The number of hydrogen-bond donors (Lipinski definition) is 3. The lowest BCUT2D eigenvalue weighted by molar-refractivity contribution is 0.223. The van der Waals surface area contributed by atoms with Crippen LogP contribution in [0.25, 0.3) is 0 Å². The zero-order chi connectivity index (χ0) is 18.5. The van der Waals surface area contributed by atoms with Gasteiger partial charge in [0.05, 0.1) is 5.03 Å². The summed E-state index contributed by atoms with van der Waals surface area (Å²) in [5.41, 5.74) is 8.48. The predicted molar refractivity (Wildman–Crippen MR) is 106 cm³/mol. The number of nitrogens with one attached hydrogen (secondary N) is 1. The van der Waals surface area contributed by atoms with Gasteiger partial charge in [0, 0.05) is 22.7 Å². The molecule has 1 heterocycles. The van der Waals surface area contributed by atoms with Crippen molar-refractivity contribution in [3.8, 4) is 0 Å². The molecule has 2 atom stereocenters. The topological polar surface area (TPSA) is 58.3 Å². The molecule has 0 spiro atoms.